The summed E-state index contributed by atoms with van der Waals surface area (Å²) >= 11 is 0. The number of hydrogen-bond acceptors (Lipinski definition) is 4. The van der Waals surface area contributed by atoms with Crippen LogP contribution in [0.4, 0.5) is 10.5 Å². The van der Waals surface area contributed by atoms with Gasteiger partial charge in [0, 0.05) is 5.69 Å². The Balaban J connectivity index is 3.01. The molecule has 1 rings (SSSR count). The van der Waals surface area contributed by atoms with Gasteiger partial charge < -0.3 is 9.84 Å². The van der Waals surface area contributed by atoms with Crippen LogP contribution in [0.2, 0.25) is 0 Å². The number of hydrogen-bond donors (Lipinski definition) is 1. The largest absolute Gasteiger partial charge is 0.480 e. The number of nitriles is 1. The molecule has 98 valence electrons. The van der Waals surface area contributed by atoms with Crippen LogP contribution in [0.5, 0.6) is 0 Å². The molecule has 0 aromatic heterocycles. The Morgan fingerprint density at radius 3 is 2.84 bits per heavy atom. The Morgan fingerprint density at radius 2 is 2.26 bits per heavy atom. The van der Waals surface area contributed by atoms with Crippen LogP contribution >= 0.6 is 0 Å². The molecule has 0 fully saturated rings. The maximum Gasteiger partial charge on any atom is 0.415 e. The zero-order chi connectivity index (χ0) is 14.3. The second-order valence-electron chi connectivity index (χ2n) is 3.51. The van der Waals surface area contributed by atoms with E-state index in [2.05, 4.69) is 6.58 Å². The lowest BCUT2D eigenvalue weighted by molar-refractivity contribution is -0.135. The lowest BCUT2D eigenvalue weighted by Crippen LogP contribution is -2.36. The van der Waals surface area contributed by atoms with Gasteiger partial charge in [-0.25, -0.2) is 4.79 Å². The van der Waals surface area contributed by atoms with Crippen molar-refractivity contribution in [3.8, 4) is 6.07 Å². The predicted octanol–water partition coefficient (Wildman–Crippen LogP) is 1.77. The Labute approximate surface area is 110 Å². The van der Waals surface area contributed by atoms with E-state index in [0.717, 1.165) is 4.90 Å². The van der Waals surface area contributed by atoms with Crippen molar-refractivity contribution in [1.82, 2.24) is 0 Å². The van der Waals surface area contributed by atoms with E-state index in [0.29, 0.717) is 5.56 Å². The lowest BCUT2D eigenvalue weighted by Gasteiger charge is -2.20. The van der Waals surface area contributed by atoms with E-state index in [9.17, 15) is 9.59 Å². The number of ether oxygens (including phenoxy) is 1. The highest BCUT2D eigenvalue weighted by molar-refractivity contribution is 5.93. The fourth-order valence-electron chi connectivity index (χ4n) is 1.35. The minimum absolute atomic E-state index is 0.0209. The van der Waals surface area contributed by atoms with E-state index >= 15 is 0 Å². The third-order valence-electron chi connectivity index (χ3n) is 2.13. The molecule has 0 unspecified atom stereocenters. The maximum absolute atomic E-state index is 11.7. The average molecular weight is 260 g/mol. The number of carbonyl (C=O) groups is 2. The number of benzene rings is 1. The highest BCUT2D eigenvalue weighted by atomic mass is 16.6. The number of anilines is 1. The van der Waals surface area contributed by atoms with Crippen LogP contribution in [0, 0.1) is 11.3 Å². The van der Waals surface area contributed by atoms with Gasteiger partial charge in [0.2, 0.25) is 0 Å². The van der Waals surface area contributed by atoms with Gasteiger partial charge in [-0.1, -0.05) is 18.7 Å². The SMILES string of the molecule is C=CCOC(=O)N(CC(=O)O)c1cccc(C#N)c1. The smallest absolute Gasteiger partial charge is 0.415 e. The number of rotatable bonds is 5. The summed E-state index contributed by atoms with van der Waals surface area (Å²) in [5.74, 6) is -1.18. The van der Waals surface area contributed by atoms with Gasteiger partial charge in [0.15, 0.2) is 0 Å². The quantitative estimate of drug-likeness (QED) is 0.815. The summed E-state index contributed by atoms with van der Waals surface area (Å²) in [6.45, 7) is 2.83. The van der Waals surface area contributed by atoms with Gasteiger partial charge in [0.25, 0.3) is 0 Å². The van der Waals surface area contributed by atoms with Crippen LogP contribution in [-0.2, 0) is 9.53 Å². The molecule has 1 aromatic rings. The molecule has 6 heteroatoms. The summed E-state index contributed by atoms with van der Waals surface area (Å²) in [7, 11) is 0. The van der Waals surface area contributed by atoms with Gasteiger partial charge in [0.05, 0.1) is 11.6 Å². The summed E-state index contributed by atoms with van der Waals surface area (Å²) in [4.78, 5) is 23.5. The number of carboxylic acid groups (broad SMARTS) is 1. The van der Waals surface area contributed by atoms with Crippen molar-refractivity contribution in [2.45, 2.75) is 0 Å². The first-order chi connectivity index (χ1) is 9.08. The third kappa shape index (κ3) is 4.16. The third-order valence-corrected chi connectivity index (χ3v) is 2.13. The van der Waals surface area contributed by atoms with Gasteiger partial charge in [-0.3, -0.25) is 9.69 Å². The van der Waals surface area contributed by atoms with E-state index in [-0.39, 0.29) is 12.3 Å². The minimum atomic E-state index is -1.18. The Hall–Kier alpha value is -2.81. The molecule has 0 spiro atoms. The standard InChI is InChI=1S/C13H12N2O4/c1-2-6-19-13(18)15(9-12(16)17)11-5-3-4-10(7-11)8-14/h2-5,7H,1,6,9H2,(H,16,17). The molecule has 19 heavy (non-hydrogen) atoms. The number of carboxylic acids is 1. The lowest BCUT2D eigenvalue weighted by atomic mass is 10.2. The molecule has 0 radical (unpaired) electrons. The molecule has 0 aliphatic rings. The molecule has 0 saturated heterocycles. The summed E-state index contributed by atoms with van der Waals surface area (Å²) < 4.78 is 4.80. The van der Waals surface area contributed by atoms with Gasteiger partial charge in [0.1, 0.15) is 13.2 Å². The zero-order valence-corrected chi connectivity index (χ0v) is 10.1. The van der Waals surface area contributed by atoms with E-state index in [1.165, 1.54) is 18.2 Å². The van der Waals surface area contributed by atoms with Gasteiger partial charge in [-0.2, -0.15) is 5.26 Å². The molecule has 6 nitrogen and oxygen atoms in total. The fraction of sp³-hybridized carbons (Fsp3) is 0.154. The molecule has 1 N–H and O–H groups in total. The fourth-order valence-corrected chi connectivity index (χ4v) is 1.35. The molecule has 0 atom stereocenters. The van der Waals surface area contributed by atoms with Crippen molar-refractivity contribution in [2.24, 2.45) is 0 Å². The summed E-state index contributed by atoms with van der Waals surface area (Å²) in [5, 5.41) is 17.6. The molecular formula is C13H12N2O4. The first-order valence-corrected chi connectivity index (χ1v) is 5.35. The zero-order valence-electron chi connectivity index (χ0n) is 10.1. The van der Waals surface area contributed by atoms with E-state index in [1.807, 2.05) is 6.07 Å². The number of carbonyl (C=O) groups excluding carboxylic acids is 1. The number of nitrogens with zero attached hydrogens (tertiary/aromatic N) is 2. The van der Waals surface area contributed by atoms with Gasteiger partial charge >= 0.3 is 12.1 Å². The van der Waals surface area contributed by atoms with Crippen LogP contribution in [0.25, 0.3) is 0 Å². The van der Waals surface area contributed by atoms with E-state index < -0.39 is 18.6 Å². The molecule has 1 aromatic carbocycles. The first kappa shape index (κ1) is 14.3. The normalized spacial score (nSPS) is 9.21. The molecular weight excluding hydrogens is 248 g/mol. The van der Waals surface area contributed by atoms with Gasteiger partial charge in [-0.15, -0.1) is 0 Å². The minimum Gasteiger partial charge on any atom is -0.480 e. The van der Waals surface area contributed by atoms with Crippen molar-refractivity contribution >= 4 is 17.7 Å². The summed E-state index contributed by atoms with van der Waals surface area (Å²) in [6, 6.07) is 7.97. The maximum atomic E-state index is 11.7. The van der Waals surface area contributed by atoms with Crippen molar-refractivity contribution in [3.05, 3.63) is 42.5 Å². The molecule has 1 amide bonds. The van der Waals surface area contributed by atoms with Crippen molar-refractivity contribution in [1.29, 1.82) is 5.26 Å². The Kier molecular flexibility index (Phi) is 5.11. The highest BCUT2D eigenvalue weighted by Gasteiger charge is 2.20. The van der Waals surface area contributed by atoms with Gasteiger partial charge in [-0.05, 0) is 18.2 Å². The summed E-state index contributed by atoms with van der Waals surface area (Å²) in [5.41, 5.74) is 0.611. The van der Waals surface area contributed by atoms with E-state index in [4.69, 9.17) is 15.1 Å². The van der Waals surface area contributed by atoms with E-state index in [1.54, 1.807) is 12.1 Å². The van der Waals surface area contributed by atoms with Crippen LogP contribution in [0.3, 0.4) is 0 Å². The molecule has 0 bridgehead atoms. The Morgan fingerprint density at radius 1 is 1.53 bits per heavy atom. The van der Waals surface area contributed by atoms with Crippen LogP contribution in [0.1, 0.15) is 5.56 Å². The van der Waals surface area contributed by atoms with Crippen molar-refractivity contribution in [3.63, 3.8) is 0 Å². The highest BCUT2D eigenvalue weighted by Crippen LogP contribution is 2.17. The molecule has 0 saturated carbocycles. The molecule has 0 aliphatic carbocycles. The monoisotopic (exact) mass is 260 g/mol. The predicted molar refractivity (Wildman–Crippen MR) is 67.7 cm³/mol. The number of amides is 1. The molecule has 0 heterocycles. The molecule has 0 aliphatic heterocycles. The number of aliphatic carboxylic acids is 1. The van der Waals surface area contributed by atoms with Crippen molar-refractivity contribution < 1.29 is 19.4 Å². The second-order valence-corrected chi connectivity index (χ2v) is 3.51. The van der Waals surface area contributed by atoms with Crippen LogP contribution < -0.4 is 4.90 Å². The Bertz CT molecular complexity index is 534. The second kappa shape index (κ2) is 6.81. The first-order valence-electron chi connectivity index (χ1n) is 5.35. The average Bonchev–Trinajstić information content (AvgIpc) is 2.42. The van der Waals surface area contributed by atoms with Crippen LogP contribution in [-0.4, -0.2) is 30.3 Å². The topological polar surface area (TPSA) is 90.6 Å². The van der Waals surface area contributed by atoms with Crippen molar-refractivity contribution in [2.75, 3.05) is 18.1 Å². The summed E-state index contributed by atoms with van der Waals surface area (Å²) in [6.07, 6.45) is 0.570. The van der Waals surface area contributed by atoms with Crippen LogP contribution in [0.15, 0.2) is 36.9 Å².